The van der Waals surface area contributed by atoms with E-state index in [4.69, 9.17) is 14.6 Å². The van der Waals surface area contributed by atoms with Gasteiger partial charge in [-0.15, -0.1) is 0 Å². The summed E-state index contributed by atoms with van der Waals surface area (Å²) in [7, 11) is 0. The number of nitrogens with zero attached hydrogens (tertiary/aromatic N) is 1. The van der Waals surface area contributed by atoms with Gasteiger partial charge < -0.3 is 34.8 Å². The van der Waals surface area contributed by atoms with Crippen LogP contribution in [0, 0.1) is 0 Å². The minimum Gasteiger partial charge on any atom is -0.394 e. The van der Waals surface area contributed by atoms with Crippen LogP contribution in [-0.4, -0.2) is 88.9 Å². The summed E-state index contributed by atoms with van der Waals surface area (Å²) in [5, 5.41) is 38.2. The van der Waals surface area contributed by atoms with Crippen LogP contribution in [0.25, 0.3) is 0 Å². The molecule has 5 atom stereocenters. The number of ether oxygens (including phenoxy) is 2. The molecule has 2 fully saturated rings. The van der Waals surface area contributed by atoms with E-state index < -0.39 is 37.3 Å². The first kappa shape index (κ1) is 16.1. The molecule has 7 nitrogen and oxygen atoms in total. The molecule has 0 radical (unpaired) electrons. The molecular weight excluding hydrogens is 266 g/mol. The van der Waals surface area contributed by atoms with E-state index in [1.807, 2.05) is 0 Å². The Morgan fingerprint density at radius 1 is 1.00 bits per heavy atom. The van der Waals surface area contributed by atoms with Gasteiger partial charge in [0.2, 0.25) is 0 Å². The summed E-state index contributed by atoms with van der Waals surface area (Å²) in [4.78, 5) is 2.29. The Balaban J connectivity index is 1.76. The lowest BCUT2D eigenvalue weighted by Gasteiger charge is -2.39. The van der Waals surface area contributed by atoms with Gasteiger partial charge in [-0.3, -0.25) is 0 Å². The van der Waals surface area contributed by atoms with Crippen LogP contribution < -0.4 is 0 Å². The van der Waals surface area contributed by atoms with Crippen LogP contribution in [0.3, 0.4) is 0 Å². The molecule has 4 N–H and O–H groups in total. The smallest absolute Gasteiger partial charge is 0.186 e. The van der Waals surface area contributed by atoms with Gasteiger partial charge in [-0.25, -0.2) is 0 Å². The largest absolute Gasteiger partial charge is 0.394 e. The summed E-state index contributed by atoms with van der Waals surface area (Å²) in [5.74, 6) is 0. The van der Waals surface area contributed by atoms with Crippen molar-refractivity contribution in [1.29, 1.82) is 0 Å². The first-order valence-electron chi connectivity index (χ1n) is 7.28. The van der Waals surface area contributed by atoms with Crippen molar-refractivity contribution in [3.63, 3.8) is 0 Å². The van der Waals surface area contributed by atoms with E-state index in [2.05, 4.69) is 4.90 Å². The molecule has 2 aliphatic rings. The minimum absolute atomic E-state index is 0.378. The van der Waals surface area contributed by atoms with Crippen molar-refractivity contribution in [3.8, 4) is 0 Å². The first-order chi connectivity index (χ1) is 9.63. The van der Waals surface area contributed by atoms with E-state index in [0.29, 0.717) is 6.61 Å². The van der Waals surface area contributed by atoms with Crippen molar-refractivity contribution >= 4 is 0 Å². The molecule has 0 saturated carbocycles. The predicted molar refractivity (Wildman–Crippen MR) is 70.0 cm³/mol. The maximum absolute atomic E-state index is 9.80. The molecule has 0 spiro atoms. The van der Waals surface area contributed by atoms with Crippen LogP contribution >= 0.6 is 0 Å². The van der Waals surface area contributed by atoms with E-state index >= 15 is 0 Å². The van der Waals surface area contributed by atoms with Gasteiger partial charge in [0.15, 0.2) is 6.29 Å². The van der Waals surface area contributed by atoms with Gasteiger partial charge in [-0.1, -0.05) is 6.42 Å². The van der Waals surface area contributed by atoms with Crippen molar-refractivity contribution in [1.82, 2.24) is 4.90 Å². The molecule has 20 heavy (non-hydrogen) atoms. The molecule has 5 unspecified atom stereocenters. The summed E-state index contributed by atoms with van der Waals surface area (Å²) >= 11 is 0. The van der Waals surface area contributed by atoms with E-state index in [0.717, 1.165) is 19.6 Å². The van der Waals surface area contributed by atoms with Crippen LogP contribution in [0.5, 0.6) is 0 Å². The Morgan fingerprint density at radius 2 is 1.70 bits per heavy atom. The van der Waals surface area contributed by atoms with Crippen molar-refractivity contribution in [2.75, 3.05) is 32.8 Å². The Morgan fingerprint density at radius 3 is 2.35 bits per heavy atom. The molecule has 118 valence electrons. The second kappa shape index (κ2) is 7.65. The topological polar surface area (TPSA) is 103 Å². The third-order valence-electron chi connectivity index (χ3n) is 3.99. The highest BCUT2D eigenvalue weighted by Gasteiger charge is 2.43. The summed E-state index contributed by atoms with van der Waals surface area (Å²) in [6.07, 6.45) is -2.29. The fourth-order valence-electron chi connectivity index (χ4n) is 2.69. The summed E-state index contributed by atoms with van der Waals surface area (Å²) in [5.41, 5.74) is 0. The van der Waals surface area contributed by atoms with Gasteiger partial charge in [0.05, 0.1) is 13.2 Å². The molecule has 0 aliphatic carbocycles. The third-order valence-corrected chi connectivity index (χ3v) is 3.99. The van der Waals surface area contributed by atoms with Gasteiger partial charge in [0.25, 0.3) is 0 Å². The average Bonchev–Trinajstić information content (AvgIpc) is 2.48. The monoisotopic (exact) mass is 291 g/mol. The highest BCUT2D eigenvalue weighted by Crippen LogP contribution is 2.21. The molecule has 2 rings (SSSR count). The highest BCUT2D eigenvalue weighted by molar-refractivity contribution is 4.88. The fourth-order valence-corrected chi connectivity index (χ4v) is 2.69. The maximum Gasteiger partial charge on any atom is 0.186 e. The van der Waals surface area contributed by atoms with Gasteiger partial charge in [-0.05, 0) is 25.9 Å². The second-order valence-corrected chi connectivity index (χ2v) is 5.47. The lowest BCUT2D eigenvalue weighted by Crippen LogP contribution is -2.59. The second-order valence-electron chi connectivity index (χ2n) is 5.47. The number of hydrogen-bond donors (Lipinski definition) is 4. The van der Waals surface area contributed by atoms with Crippen molar-refractivity contribution in [2.24, 2.45) is 0 Å². The summed E-state index contributed by atoms with van der Waals surface area (Å²) < 4.78 is 10.7. The molecule has 7 heteroatoms. The Kier molecular flexibility index (Phi) is 6.16. The highest BCUT2D eigenvalue weighted by atomic mass is 16.7. The van der Waals surface area contributed by atoms with Crippen molar-refractivity contribution in [2.45, 2.75) is 50.0 Å². The molecule has 2 aliphatic heterocycles. The number of hydrogen-bond acceptors (Lipinski definition) is 7. The van der Waals surface area contributed by atoms with E-state index in [9.17, 15) is 15.3 Å². The van der Waals surface area contributed by atoms with Crippen molar-refractivity contribution < 1.29 is 29.9 Å². The van der Waals surface area contributed by atoms with Gasteiger partial charge in [0, 0.05) is 6.54 Å². The first-order valence-corrected chi connectivity index (χ1v) is 7.28. The molecular formula is C13H25NO6. The number of aliphatic hydroxyl groups is 4. The maximum atomic E-state index is 9.80. The van der Waals surface area contributed by atoms with Crippen molar-refractivity contribution in [3.05, 3.63) is 0 Å². The average molecular weight is 291 g/mol. The lowest BCUT2D eigenvalue weighted by atomic mass is 9.99. The van der Waals surface area contributed by atoms with Crippen LogP contribution in [-0.2, 0) is 9.47 Å². The number of rotatable bonds is 5. The normalized spacial score (nSPS) is 39.9. The van der Waals surface area contributed by atoms with Crippen LogP contribution in [0.4, 0.5) is 0 Å². The molecule has 0 bridgehead atoms. The zero-order valence-electron chi connectivity index (χ0n) is 11.6. The van der Waals surface area contributed by atoms with Gasteiger partial charge in [0.1, 0.15) is 24.4 Å². The number of aliphatic hydroxyl groups excluding tert-OH is 4. The summed E-state index contributed by atoms with van der Waals surface area (Å²) in [6, 6.07) is 0. The molecule has 0 amide bonds. The van der Waals surface area contributed by atoms with Crippen LogP contribution in [0.2, 0.25) is 0 Å². The number of likely N-dealkylation sites (tertiary alicyclic amines) is 1. The lowest BCUT2D eigenvalue weighted by molar-refractivity contribution is -0.301. The molecule has 0 aromatic heterocycles. The number of piperidine rings is 1. The van der Waals surface area contributed by atoms with Gasteiger partial charge >= 0.3 is 0 Å². The molecule has 0 aromatic rings. The Bertz CT molecular complexity index is 284. The third kappa shape index (κ3) is 3.88. The Hall–Kier alpha value is -0.280. The molecule has 0 aromatic carbocycles. The molecule has 2 heterocycles. The predicted octanol–water partition coefficient (Wildman–Crippen LogP) is -1.71. The van der Waals surface area contributed by atoms with E-state index in [1.54, 1.807) is 0 Å². The van der Waals surface area contributed by atoms with Crippen LogP contribution in [0.15, 0.2) is 0 Å². The Labute approximate surface area is 118 Å². The van der Waals surface area contributed by atoms with E-state index in [1.165, 1.54) is 19.3 Å². The SMILES string of the molecule is OCC1OC(OCCN2CCCCC2)C(O)C(O)C1O. The zero-order valence-corrected chi connectivity index (χ0v) is 11.6. The van der Waals surface area contributed by atoms with E-state index in [-0.39, 0.29) is 0 Å². The fraction of sp³-hybridized carbons (Fsp3) is 1.00. The molecule has 2 saturated heterocycles. The minimum atomic E-state index is -1.37. The van der Waals surface area contributed by atoms with Gasteiger partial charge in [-0.2, -0.15) is 0 Å². The standard InChI is InChI=1S/C13H25NO6/c15-8-9-10(16)11(17)12(18)13(20-9)19-7-6-14-4-2-1-3-5-14/h9-13,15-18H,1-8H2. The summed E-state index contributed by atoms with van der Waals surface area (Å²) in [6.45, 7) is 2.80. The van der Waals surface area contributed by atoms with Crippen LogP contribution in [0.1, 0.15) is 19.3 Å². The zero-order chi connectivity index (χ0) is 14.5. The quantitative estimate of drug-likeness (QED) is 0.478.